The Morgan fingerprint density at radius 2 is 2.20 bits per heavy atom. The van der Waals surface area contributed by atoms with Gasteiger partial charge in [0.2, 0.25) is 5.91 Å². The van der Waals surface area contributed by atoms with Crippen LogP contribution in [0.1, 0.15) is 19.3 Å². The molecule has 0 aromatic carbocycles. The zero-order valence-corrected chi connectivity index (χ0v) is 8.89. The van der Waals surface area contributed by atoms with Crippen LogP contribution < -0.4 is 0 Å². The van der Waals surface area contributed by atoms with Gasteiger partial charge in [-0.15, -0.1) is 0 Å². The molecule has 1 amide bonds. The van der Waals surface area contributed by atoms with Crippen LogP contribution in [0.25, 0.3) is 0 Å². The van der Waals surface area contributed by atoms with Crippen LogP contribution in [0.4, 0.5) is 0 Å². The molecule has 1 aliphatic rings. The fraction of sp³-hybridized carbons (Fsp3) is 0.900. The van der Waals surface area contributed by atoms with Crippen LogP contribution in [0.5, 0.6) is 0 Å². The molecule has 0 aromatic heterocycles. The van der Waals surface area contributed by atoms with Crippen LogP contribution in [-0.4, -0.2) is 60.0 Å². The van der Waals surface area contributed by atoms with E-state index in [1.54, 1.807) is 4.90 Å². The first-order valence-corrected chi connectivity index (χ1v) is 5.39. The number of hydrogen-bond donors (Lipinski definition) is 2. The minimum absolute atomic E-state index is 0.0413. The minimum Gasteiger partial charge on any atom is -0.396 e. The zero-order valence-electron chi connectivity index (χ0n) is 8.89. The smallest absolute Gasteiger partial charge is 0.222 e. The van der Waals surface area contributed by atoms with Crippen molar-refractivity contribution in [1.29, 1.82) is 0 Å². The van der Waals surface area contributed by atoms with Crippen LogP contribution >= 0.6 is 0 Å². The molecular weight excluding hydrogens is 198 g/mol. The maximum atomic E-state index is 11.6. The van der Waals surface area contributed by atoms with Crippen molar-refractivity contribution in [3.05, 3.63) is 0 Å². The predicted molar refractivity (Wildman–Crippen MR) is 54.3 cm³/mol. The van der Waals surface area contributed by atoms with E-state index in [9.17, 15) is 4.79 Å². The number of unbranched alkanes of at least 4 members (excludes halogenated alkanes) is 1. The molecule has 0 spiro atoms. The van der Waals surface area contributed by atoms with E-state index in [2.05, 4.69) is 0 Å². The van der Waals surface area contributed by atoms with E-state index in [1.165, 1.54) is 0 Å². The molecule has 1 heterocycles. The van der Waals surface area contributed by atoms with Gasteiger partial charge in [-0.2, -0.15) is 0 Å². The summed E-state index contributed by atoms with van der Waals surface area (Å²) in [5.74, 6) is 0.0881. The lowest BCUT2D eigenvalue weighted by Crippen LogP contribution is -2.46. The second kappa shape index (κ2) is 6.76. The largest absolute Gasteiger partial charge is 0.396 e. The van der Waals surface area contributed by atoms with Gasteiger partial charge in [0.15, 0.2) is 0 Å². The molecule has 0 aromatic rings. The highest BCUT2D eigenvalue weighted by atomic mass is 16.5. The third-order valence-electron chi connectivity index (χ3n) is 2.49. The van der Waals surface area contributed by atoms with Gasteiger partial charge in [0.1, 0.15) is 0 Å². The van der Waals surface area contributed by atoms with Crippen molar-refractivity contribution in [2.24, 2.45) is 0 Å². The Bertz CT molecular complexity index is 198. The maximum Gasteiger partial charge on any atom is 0.222 e. The molecule has 0 radical (unpaired) electrons. The third kappa shape index (κ3) is 4.15. The molecule has 1 aliphatic heterocycles. The van der Waals surface area contributed by atoms with E-state index in [1.807, 2.05) is 0 Å². The Kier molecular flexibility index (Phi) is 5.60. The molecule has 1 unspecified atom stereocenters. The first-order chi connectivity index (χ1) is 7.27. The fourth-order valence-corrected chi connectivity index (χ4v) is 1.60. The van der Waals surface area contributed by atoms with E-state index in [4.69, 9.17) is 14.9 Å². The van der Waals surface area contributed by atoms with Crippen LogP contribution in [0.2, 0.25) is 0 Å². The van der Waals surface area contributed by atoms with E-state index in [-0.39, 0.29) is 25.2 Å². The van der Waals surface area contributed by atoms with Gasteiger partial charge in [-0.05, 0) is 12.8 Å². The Hall–Kier alpha value is -0.650. The summed E-state index contributed by atoms with van der Waals surface area (Å²) < 4.78 is 5.25. The fourth-order valence-electron chi connectivity index (χ4n) is 1.60. The van der Waals surface area contributed by atoms with Crippen molar-refractivity contribution in [2.45, 2.75) is 25.4 Å². The van der Waals surface area contributed by atoms with Gasteiger partial charge in [-0.25, -0.2) is 0 Å². The standard InChI is InChI=1S/C10H19NO4/c12-5-2-1-3-10(14)11-4-6-15-9(7-11)8-13/h9,12-13H,1-8H2. The molecule has 5 heteroatoms. The van der Waals surface area contributed by atoms with E-state index >= 15 is 0 Å². The first-order valence-electron chi connectivity index (χ1n) is 5.39. The molecule has 15 heavy (non-hydrogen) atoms. The number of aliphatic hydroxyl groups excluding tert-OH is 2. The summed E-state index contributed by atoms with van der Waals surface area (Å²) in [6.07, 6.45) is 1.62. The van der Waals surface area contributed by atoms with Gasteiger partial charge >= 0.3 is 0 Å². The second-order valence-electron chi connectivity index (χ2n) is 3.70. The van der Waals surface area contributed by atoms with Gasteiger partial charge in [-0.3, -0.25) is 4.79 Å². The zero-order chi connectivity index (χ0) is 11.1. The summed E-state index contributed by atoms with van der Waals surface area (Å²) >= 11 is 0. The van der Waals surface area contributed by atoms with Crippen molar-refractivity contribution in [2.75, 3.05) is 32.9 Å². The number of carbonyl (C=O) groups is 1. The Labute approximate surface area is 89.6 Å². The molecule has 1 saturated heterocycles. The predicted octanol–water partition coefficient (Wildman–Crippen LogP) is -0.631. The topological polar surface area (TPSA) is 70.0 Å². The monoisotopic (exact) mass is 217 g/mol. The Morgan fingerprint density at radius 3 is 2.87 bits per heavy atom. The summed E-state index contributed by atoms with van der Waals surface area (Å²) in [7, 11) is 0. The lowest BCUT2D eigenvalue weighted by molar-refractivity contribution is -0.140. The molecule has 0 aliphatic carbocycles. The van der Waals surface area contributed by atoms with Crippen molar-refractivity contribution in [3.8, 4) is 0 Å². The number of hydrogen-bond acceptors (Lipinski definition) is 4. The second-order valence-corrected chi connectivity index (χ2v) is 3.70. The highest BCUT2D eigenvalue weighted by Crippen LogP contribution is 2.08. The van der Waals surface area contributed by atoms with Crippen LogP contribution in [-0.2, 0) is 9.53 Å². The quantitative estimate of drug-likeness (QED) is 0.601. The molecular formula is C10H19NO4. The highest BCUT2D eigenvalue weighted by Gasteiger charge is 2.22. The number of ether oxygens (including phenoxy) is 1. The molecule has 1 fully saturated rings. The number of aliphatic hydroxyl groups is 2. The van der Waals surface area contributed by atoms with Crippen molar-refractivity contribution in [1.82, 2.24) is 4.90 Å². The summed E-state index contributed by atoms with van der Waals surface area (Å²) in [5.41, 5.74) is 0. The molecule has 0 saturated carbocycles. The first kappa shape index (κ1) is 12.4. The van der Waals surface area contributed by atoms with Gasteiger partial charge in [0.25, 0.3) is 0 Å². The van der Waals surface area contributed by atoms with Gasteiger partial charge in [-0.1, -0.05) is 0 Å². The average Bonchev–Trinajstić information content (AvgIpc) is 2.29. The molecule has 0 bridgehead atoms. The highest BCUT2D eigenvalue weighted by molar-refractivity contribution is 5.76. The lowest BCUT2D eigenvalue weighted by Gasteiger charge is -2.32. The van der Waals surface area contributed by atoms with Crippen LogP contribution in [0.3, 0.4) is 0 Å². The van der Waals surface area contributed by atoms with E-state index in [0.29, 0.717) is 32.5 Å². The van der Waals surface area contributed by atoms with Gasteiger partial charge < -0.3 is 19.8 Å². The van der Waals surface area contributed by atoms with Crippen LogP contribution in [0, 0.1) is 0 Å². The van der Waals surface area contributed by atoms with E-state index < -0.39 is 0 Å². The van der Waals surface area contributed by atoms with Gasteiger partial charge in [0.05, 0.1) is 19.3 Å². The van der Waals surface area contributed by atoms with Crippen molar-refractivity contribution >= 4 is 5.91 Å². The van der Waals surface area contributed by atoms with Crippen molar-refractivity contribution in [3.63, 3.8) is 0 Å². The summed E-state index contributed by atoms with van der Waals surface area (Å²) in [6, 6.07) is 0. The summed E-state index contributed by atoms with van der Waals surface area (Å²) in [6.45, 7) is 1.68. The molecule has 1 atom stereocenters. The maximum absolute atomic E-state index is 11.6. The number of nitrogens with zero attached hydrogens (tertiary/aromatic N) is 1. The normalized spacial score (nSPS) is 21.7. The van der Waals surface area contributed by atoms with E-state index in [0.717, 1.165) is 6.42 Å². The molecule has 1 rings (SSSR count). The molecule has 2 N–H and O–H groups in total. The Morgan fingerprint density at radius 1 is 1.40 bits per heavy atom. The van der Waals surface area contributed by atoms with Crippen molar-refractivity contribution < 1.29 is 19.7 Å². The van der Waals surface area contributed by atoms with Crippen LogP contribution in [0.15, 0.2) is 0 Å². The molecule has 88 valence electrons. The number of morpholine rings is 1. The summed E-state index contributed by atoms with van der Waals surface area (Å²) in [5, 5.41) is 17.5. The average molecular weight is 217 g/mol. The van der Waals surface area contributed by atoms with Gasteiger partial charge in [0, 0.05) is 26.1 Å². The number of rotatable bonds is 5. The SMILES string of the molecule is O=C(CCCCO)N1CCOC(CO)C1. The lowest BCUT2D eigenvalue weighted by atomic mass is 10.2. The third-order valence-corrected chi connectivity index (χ3v) is 2.49. The molecule has 5 nitrogen and oxygen atoms in total. The number of carbonyl (C=O) groups excluding carboxylic acids is 1. The summed E-state index contributed by atoms with van der Waals surface area (Å²) in [4.78, 5) is 13.4. The number of amides is 1. The minimum atomic E-state index is -0.236. The Balaban J connectivity index is 2.25.